The molecule has 0 fully saturated rings. The molecule has 0 aliphatic carbocycles. The average molecular weight is 207 g/mol. The molecule has 0 spiro atoms. The molecule has 0 atom stereocenters. The number of anilines is 1. The summed E-state index contributed by atoms with van der Waals surface area (Å²) in [4.78, 5) is 17.7. The second kappa shape index (κ2) is 3.45. The Morgan fingerprint density at radius 1 is 1.60 bits per heavy atom. The van der Waals surface area contributed by atoms with Crippen molar-refractivity contribution in [2.75, 3.05) is 12.8 Å². The van der Waals surface area contributed by atoms with Crippen LogP contribution in [0, 0.1) is 0 Å². The molecule has 3 N–H and O–H groups in total. The summed E-state index contributed by atoms with van der Waals surface area (Å²) >= 11 is 0. The Morgan fingerprint density at radius 2 is 2.40 bits per heavy atom. The summed E-state index contributed by atoms with van der Waals surface area (Å²) in [5.74, 6) is 0.401. The molecule has 0 aromatic carbocycles. The summed E-state index contributed by atoms with van der Waals surface area (Å²) in [7, 11) is 1.39. The zero-order valence-electron chi connectivity index (χ0n) is 7.97. The summed E-state index contributed by atoms with van der Waals surface area (Å²) in [6.45, 7) is 0. The number of hydrogen-bond donors (Lipinski definition) is 2. The third kappa shape index (κ3) is 1.54. The van der Waals surface area contributed by atoms with Gasteiger partial charge in [-0.25, -0.2) is 9.67 Å². The summed E-state index contributed by atoms with van der Waals surface area (Å²) in [5.41, 5.74) is 5.63. The number of ether oxygens (including phenoxy) is 1. The van der Waals surface area contributed by atoms with E-state index in [2.05, 4.69) is 15.1 Å². The highest BCUT2D eigenvalue weighted by Gasteiger charge is 2.11. The Bertz CT molecular complexity index is 530. The van der Waals surface area contributed by atoms with Crippen LogP contribution in [0.2, 0.25) is 0 Å². The van der Waals surface area contributed by atoms with E-state index in [1.54, 1.807) is 6.20 Å². The van der Waals surface area contributed by atoms with Gasteiger partial charge in [0.15, 0.2) is 0 Å². The molecule has 0 aliphatic heterocycles. The molecule has 0 saturated heterocycles. The Hall–Kier alpha value is -2.31. The number of nitrogens with one attached hydrogen (secondary N) is 1. The van der Waals surface area contributed by atoms with E-state index in [0.29, 0.717) is 11.5 Å². The summed E-state index contributed by atoms with van der Waals surface area (Å²) in [6.07, 6.45) is 4.28. The third-order valence-electron chi connectivity index (χ3n) is 1.82. The van der Waals surface area contributed by atoms with E-state index < -0.39 is 0 Å². The molecule has 2 aromatic heterocycles. The van der Waals surface area contributed by atoms with Crippen molar-refractivity contribution in [3.05, 3.63) is 29.1 Å². The first kappa shape index (κ1) is 9.25. The fourth-order valence-electron chi connectivity index (χ4n) is 1.18. The van der Waals surface area contributed by atoms with E-state index in [4.69, 9.17) is 10.5 Å². The quantitative estimate of drug-likeness (QED) is 0.694. The van der Waals surface area contributed by atoms with Gasteiger partial charge in [0.2, 0.25) is 11.6 Å². The molecular formula is C8H9N5O2. The highest BCUT2D eigenvalue weighted by molar-refractivity contribution is 5.41. The van der Waals surface area contributed by atoms with Crippen molar-refractivity contribution in [1.82, 2.24) is 19.7 Å². The predicted molar refractivity (Wildman–Crippen MR) is 52.9 cm³/mol. The first-order valence-corrected chi connectivity index (χ1v) is 4.14. The first-order valence-electron chi connectivity index (χ1n) is 4.14. The predicted octanol–water partition coefficient (Wildman–Crippen LogP) is -0.454. The third-order valence-corrected chi connectivity index (χ3v) is 1.82. The normalized spacial score (nSPS) is 10.2. The molecule has 15 heavy (non-hydrogen) atoms. The molecule has 7 heteroatoms. The van der Waals surface area contributed by atoms with Gasteiger partial charge in [0.1, 0.15) is 0 Å². The number of nitrogens with two attached hydrogens (primary N) is 1. The van der Waals surface area contributed by atoms with Gasteiger partial charge in [-0.05, 0) is 0 Å². The van der Waals surface area contributed by atoms with Gasteiger partial charge in [-0.2, -0.15) is 5.10 Å². The number of aromatic nitrogens is 4. The number of H-pyrrole nitrogens is 1. The lowest BCUT2D eigenvalue weighted by molar-refractivity contribution is 0.402. The van der Waals surface area contributed by atoms with Crippen LogP contribution >= 0.6 is 0 Å². The van der Waals surface area contributed by atoms with Gasteiger partial charge in [-0.3, -0.25) is 4.79 Å². The largest absolute Gasteiger partial charge is 0.488 e. The van der Waals surface area contributed by atoms with Gasteiger partial charge < -0.3 is 15.5 Å². The first-order chi connectivity index (χ1) is 7.22. The zero-order chi connectivity index (χ0) is 10.8. The van der Waals surface area contributed by atoms with Crippen LogP contribution in [-0.4, -0.2) is 26.9 Å². The van der Waals surface area contributed by atoms with Gasteiger partial charge >= 0.3 is 0 Å². The van der Waals surface area contributed by atoms with Gasteiger partial charge in [-0.15, -0.1) is 0 Å². The molecule has 0 unspecified atom stereocenters. The summed E-state index contributed by atoms with van der Waals surface area (Å²) in [5, 5.41) is 3.93. The molecule has 0 bridgehead atoms. The number of aromatic amines is 1. The van der Waals surface area contributed by atoms with Crippen LogP contribution in [0.5, 0.6) is 5.75 Å². The van der Waals surface area contributed by atoms with Crippen molar-refractivity contribution in [3.8, 4) is 11.6 Å². The van der Waals surface area contributed by atoms with Gasteiger partial charge in [0, 0.05) is 0 Å². The molecule has 2 aromatic rings. The average Bonchev–Trinajstić information content (AvgIpc) is 2.64. The summed E-state index contributed by atoms with van der Waals surface area (Å²) < 4.78 is 6.31. The molecule has 0 amide bonds. The minimum Gasteiger partial charge on any atom is -0.488 e. The maximum absolute atomic E-state index is 11.4. The van der Waals surface area contributed by atoms with E-state index in [1.165, 1.54) is 24.3 Å². The second-order valence-corrected chi connectivity index (χ2v) is 2.81. The lowest BCUT2D eigenvalue weighted by Gasteiger charge is -2.04. The molecule has 2 heterocycles. The van der Waals surface area contributed by atoms with Crippen molar-refractivity contribution in [3.63, 3.8) is 0 Å². The molecule has 78 valence electrons. The molecule has 2 rings (SSSR count). The lowest BCUT2D eigenvalue weighted by atomic mass is 10.5. The summed E-state index contributed by atoms with van der Waals surface area (Å²) in [6, 6.07) is 0. The molecule has 0 radical (unpaired) electrons. The lowest BCUT2D eigenvalue weighted by Crippen LogP contribution is -2.14. The van der Waals surface area contributed by atoms with Crippen molar-refractivity contribution >= 4 is 5.69 Å². The van der Waals surface area contributed by atoms with E-state index in [9.17, 15) is 4.79 Å². The van der Waals surface area contributed by atoms with Crippen molar-refractivity contribution < 1.29 is 4.74 Å². The maximum Gasteiger partial charge on any atom is 0.295 e. The van der Waals surface area contributed by atoms with Gasteiger partial charge in [0.25, 0.3) is 5.56 Å². The minimum atomic E-state index is -0.364. The number of nitrogen functional groups attached to an aromatic ring is 1. The molecule has 0 saturated carbocycles. The van der Waals surface area contributed by atoms with Crippen LogP contribution in [0.25, 0.3) is 5.82 Å². The highest BCUT2D eigenvalue weighted by atomic mass is 16.5. The fourth-order valence-corrected chi connectivity index (χ4v) is 1.18. The number of hydrogen-bond acceptors (Lipinski definition) is 5. The topological polar surface area (TPSA) is 98.8 Å². The van der Waals surface area contributed by atoms with Gasteiger partial charge in [0.05, 0.1) is 31.5 Å². The smallest absolute Gasteiger partial charge is 0.295 e. The van der Waals surface area contributed by atoms with E-state index >= 15 is 0 Å². The van der Waals surface area contributed by atoms with Crippen LogP contribution in [0.1, 0.15) is 0 Å². The van der Waals surface area contributed by atoms with Crippen LogP contribution in [0.4, 0.5) is 5.69 Å². The van der Waals surface area contributed by atoms with Crippen LogP contribution in [0.15, 0.2) is 23.5 Å². The van der Waals surface area contributed by atoms with E-state index in [0.717, 1.165) is 0 Å². The van der Waals surface area contributed by atoms with Crippen molar-refractivity contribution in [1.29, 1.82) is 0 Å². The molecule has 7 nitrogen and oxygen atoms in total. The Kier molecular flexibility index (Phi) is 2.13. The van der Waals surface area contributed by atoms with Crippen LogP contribution in [0.3, 0.4) is 0 Å². The second-order valence-electron chi connectivity index (χ2n) is 2.81. The zero-order valence-corrected chi connectivity index (χ0v) is 7.97. The Balaban J connectivity index is 2.62. The number of nitrogens with zero attached hydrogens (tertiary/aromatic N) is 3. The fraction of sp³-hybridized carbons (Fsp3) is 0.125. The van der Waals surface area contributed by atoms with Crippen molar-refractivity contribution in [2.45, 2.75) is 0 Å². The monoisotopic (exact) mass is 207 g/mol. The number of rotatable bonds is 2. The Labute approximate surface area is 84.5 Å². The van der Waals surface area contributed by atoms with Crippen LogP contribution < -0.4 is 16.0 Å². The van der Waals surface area contributed by atoms with Crippen LogP contribution in [-0.2, 0) is 0 Å². The SMILES string of the molecule is COc1c(-n2cc(N)cn2)nc[nH]c1=O. The minimum absolute atomic E-state index is 0.0978. The van der Waals surface area contributed by atoms with Gasteiger partial charge in [-0.1, -0.05) is 0 Å². The van der Waals surface area contributed by atoms with E-state index in [-0.39, 0.29) is 11.3 Å². The van der Waals surface area contributed by atoms with Crippen molar-refractivity contribution in [2.24, 2.45) is 0 Å². The highest BCUT2D eigenvalue weighted by Crippen LogP contribution is 2.14. The molecule has 0 aliphatic rings. The number of methoxy groups -OCH3 is 1. The maximum atomic E-state index is 11.4. The molecular weight excluding hydrogens is 198 g/mol. The Morgan fingerprint density at radius 3 is 3.00 bits per heavy atom. The van der Waals surface area contributed by atoms with E-state index in [1.807, 2.05) is 0 Å². The standard InChI is InChI=1S/C8H9N5O2/c1-15-6-7(10-4-11-8(6)14)13-3-5(9)2-12-13/h2-4H,9H2,1H3,(H,10,11,14).